The molecule has 3 aromatic rings. The van der Waals surface area contributed by atoms with Crippen molar-refractivity contribution in [2.75, 3.05) is 7.11 Å². The Hall–Kier alpha value is -2.26. The van der Waals surface area contributed by atoms with Crippen LogP contribution in [0.3, 0.4) is 0 Å². The summed E-state index contributed by atoms with van der Waals surface area (Å²) in [4.78, 5) is 12.6. The quantitative estimate of drug-likeness (QED) is 0.720. The van der Waals surface area contributed by atoms with Gasteiger partial charge in [0, 0.05) is 16.1 Å². The molecule has 1 heterocycles. The number of aromatic nitrogens is 1. The van der Waals surface area contributed by atoms with Gasteiger partial charge in [0.25, 0.3) is 5.56 Å². The highest BCUT2D eigenvalue weighted by Gasteiger charge is 2.10. The molecular formula is C16H12ClNO2. The fraction of sp³-hybridized carbons (Fsp3) is 0.0625. The normalized spacial score (nSPS) is 10.7. The van der Waals surface area contributed by atoms with E-state index in [9.17, 15) is 4.79 Å². The molecule has 0 fully saturated rings. The smallest absolute Gasteiger partial charge is 0.263 e. The van der Waals surface area contributed by atoms with E-state index in [0.29, 0.717) is 16.2 Å². The topological polar surface area (TPSA) is 31.2 Å². The number of hydrogen-bond donors (Lipinski definition) is 0. The van der Waals surface area contributed by atoms with Crippen molar-refractivity contribution in [3.8, 4) is 11.4 Å². The van der Waals surface area contributed by atoms with Gasteiger partial charge in [-0.2, -0.15) is 0 Å². The fourth-order valence-electron chi connectivity index (χ4n) is 2.23. The zero-order chi connectivity index (χ0) is 14.1. The molecule has 0 saturated heterocycles. The van der Waals surface area contributed by atoms with E-state index in [2.05, 4.69) is 0 Å². The predicted molar refractivity (Wildman–Crippen MR) is 81.1 cm³/mol. The van der Waals surface area contributed by atoms with Crippen molar-refractivity contribution in [1.82, 2.24) is 4.57 Å². The Bertz CT molecular complexity index is 825. The number of para-hydroxylation sites is 1. The summed E-state index contributed by atoms with van der Waals surface area (Å²) in [5.41, 5.74) is 0.673. The van der Waals surface area contributed by atoms with Gasteiger partial charge in [0.05, 0.1) is 18.7 Å². The molecule has 2 aromatic carbocycles. The van der Waals surface area contributed by atoms with E-state index in [1.54, 1.807) is 36.1 Å². The standard InChI is InChI=1S/C16H12ClNO2/c1-20-15-10-18(12-5-3-2-4-6-12)16(19)14-9-11(17)7-8-13(14)15/h2-10H,1H3. The van der Waals surface area contributed by atoms with Gasteiger partial charge in [-0.05, 0) is 30.3 Å². The summed E-state index contributed by atoms with van der Waals surface area (Å²) in [6.07, 6.45) is 1.70. The number of benzene rings is 2. The minimum Gasteiger partial charge on any atom is -0.495 e. The third-order valence-electron chi connectivity index (χ3n) is 3.20. The maximum atomic E-state index is 12.6. The molecule has 0 amide bonds. The maximum absolute atomic E-state index is 12.6. The molecule has 20 heavy (non-hydrogen) atoms. The number of halogens is 1. The highest BCUT2D eigenvalue weighted by atomic mass is 35.5. The second-order valence-electron chi connectivity index (χ2n) is 4.40. The van der Waals surface area contributed by atoms with Crippen molar-refractivity contribution < 1.29 is 4.74 Å². The van der Waals surface area contributed by atoms with Crippen LogP contribution in [-0.4, -0.2) is 11.7 Å². The largest absolute Gasteiger partial charge is 0.495 e. The molecule has 0 radical (unpaired) electrons. The Morgan fingerprint density at radius 1 is 1.05 bits per heavy atom. The minimum atomic E-state index is -0.116. The number of rotatable bonds is 2. The predicted octanol–water partition coefficient (Wildman–Crippen LogP) is 3.65. The monoisotopic (exact) mass is 285 g/mol. The number of nitrogens with zero attached hydrogens (tertiary/aromatic N) is 1. The molecule has 1 aromatic heterocycles. The molecule has 0 atom stereocenters. The lowest BCUT2D eigenvalue weighted by molar-refractivity contribution is 0.416. The Morgan fingerprint density at radius 3 is 2.50 bits per heavy atom. The van der Waals surface area contributed by atoms with E-state index in [1.807, 2.05) is 30.3 Å². The van der Waals surface area contributed by atoms with E-state index in [0.717, 1.165) is 11.1 Å². The third kappa shape index (κ3) is 2.06. The van der Waals surface area contributed by atoms with E-state index in [4.69, 9.17) is 16.3 Å². The van der Waals surface area contributed by atoms with Crippen LogP contribution < -0.4 is 10.3 Å². The number of methoxy groups -OCH3 is 1. The molecule has 3 rings (SSSR count). The molecule has 3 nitrogen and oxygen atoms in total. The van der Waals surface area contributed by atoms with Crippen molar-refractivity contribution in [2.24, 2.45) is 0 Å². The van der Waals surface area contributed by atoms with Crippen molar-refractivity contribution in [2.45, 2.75) is 0 Å². The van der Waals surface area contributed by atoms with Crippen LogP contribution in [0.15, 0.2) is 59.5 Å². The van der Waals surface area contributed by atoms with Gasteiger partial charge in [-0.25, -0.2) is 0 Å². The van der Waals surface area contributed by atoms with Crippen molar-refractivity contribution >= 4 is 22.4 Å². The minimum absolute atomic E-state index is 0.116. The molecular weight excluding hydrogens is 274 g/mol. The van der Waals surface area contributed by atoms with Crippen LogP contribution in [0.2, 0.25) is 5.02 Å². The molecule has 0 aliphatic rings. The highest BCUT2D eigenvalue weighted by molar-refractivity contribution is 6.31. The van der Waals surface area contributed by atoms with Crippen LogP contribution in [0.1, 0.15) is 0 Å². The van der Waals surface area contributed by atoms with Gasteiger partial charge < -0.3 is 4.74 Å². The number of fused-ring (bicyclic) bond motifs is 1. The zero-order valence-electron chi connectivity index (χ0n) is 10.8. The summed E-state index contributed by atoms with van der Waals surface area (Å²) >= 11 is 6.00. The van der Waals surface area contributed by atoms with E-state index >= 15 is 0 Å². The molecule has 0 spiro atoms. The lowest BCUT2D eigenvalue weighted by Gasteiger charge is -2.11. The maximum Gasteiger partial charge on any atom is 0.263 e. The van der Waals surface area contributed by atoms with E-state index in [1.165, 1.54) is 0 Å². The van der Waals surface area contributed by atoms with Crippen LogP contribution in [0, 0.1) is 0 Å². The summed E-state index contributed by atoms with van der Waals surface area (Å²) in [5, 5.41) is 1.83. The third-order valence-corrected chi connectivity index (χ3v) is 3.43. The highest BCUT2D eigenvalue weighted by Crippen LogP contribution is 2.26. The SMILES string of the molecule is COc1cn(-c2ccccc2)c(=O)c2cc(Cl)ccc12. The van der Waals surface area contributed by atoms with Crippen LogP contribution >= 0.6 is 11.6 Å². The lowest BCUT2D eigenvalue weighted by Crippen LogP contribution is -2.18. The number of ether oxygens (including phenoxy) is 1. The van der Waals surface area contributed by atoms with Crippen LogP contribution in [0.5, 0.6) is 5.75 Å². The lowest BCUT2D eigenvalue weighted by atomic mass is 10.1. The van der Waals surface area contributed by atoms with Gasteiger partial charge >= 0.3 is 0 Å². The second kappa shape index (κ2) is 5.02. The van der Waals surface area contributed by atoms with Gasteiger partial charge in [0.1, 0.15) is 5.75 Å². The first kappa shape index (κ1) is 12.8. The molecule has 0 N–H and O–H groups in total. The summed E-state index contributed by atoms with van der Waals surface area (Å²) in [7, 11) is 1.59. The summed E-state index contributed by atoms with van der Waals surface area (Å²) in [5.74, 6) is 0.639. The average molecular weight is 286 g/mol. The Morgan fingerprint density at radius 2 is 1.80 bits per heavy atom. The van der Waals surface area contributed by atoms with Crippen molar-refractivity contribution in [3.05, 3.63) is 70.1 Å². The molecule has 0 aliphatic carbocycles. The van der Waals surface area contributed by atoms with Crippen LogP contribution in [0.25, 0.3) is 16.5 Å². The first-order valence-electron chi connectivity index (χ1n) is 6.15. The fourth-order valence-corrected chi connectivity index (χ4v) is 2.40. The molecule has 0 unspecified atom stereocenters. The van der Waals surface area contributed by atoms with Gasteiger partial charge in [-0.1, -0.05) is 29.8 Å². The van der Waals surface area contributed by atoms with Gasteiger partial charge in [0.2, 0.25) is 0 Å². The Labute approximate surface area is 121 Å². The van der Waals surface area contributed by atoms with Crippen LogP contribution in [-0.2, 0) is 0 Å². The molecule has 0 saturated carbocycles. The van der Waals surface area contributed by atoms with Gasteiger partial charge in [-0.3, -0.25) is 9.36 Å². The van der Waals surface area contributed by atoms with Crippen LogP contribution in [0.4, 0.5) is 0 Å². The molecule has 4 heteroatoms. The molecule has 0 aliphatic heterocycles. The van der Waals surface area contributed by atoms with E-state index in [-0.39, 0.29) is 5.56 Å². The van der Waals surface area contributed by atoms with Crippen molar-refractivity contribution in [3.63, 3.8) is 0 Å². The van der Waals surface area contributed by atoms with E-state index < -0.39 is 0 Å². The molecule has 0 bridgehead atoms. The molecule has 100 valence electrons. The first-order chi connectivity index (χ1) is 9.70. The van der Waals surface area contributed by atoms with Gasteiger partial charge in [-0.15, -0.1) is 0 Å². The number of pyridine rings is 1. The first-order valence-corrected chi connectivity index (χ1v) is 6.53. The van der Waals surface area contributed by atoms with Gasteiger partial charge in [0.15, 0.2) is 0 Å². The summed E-state index contributed by atoms with van der Waals surface area (Å²) in [6, 6.07) is 14.6. The Balaban J connectivity index is 2.40. The number of hydrogen-bond acceptors (Lipinski definition) is 2. The Kier molecular flexibility index (Phi) is 3.20. The summed E-state index contributed by atoms with van der Waals surface area (Å²) < 4.78 is 6.95. The average Bonchev–Trinajstić information content (AvgIpc) is 2.49. The zero-order valence-corrected chi connectivity index (χ0v) is 11.6. The van der Waals surface area contributed by atoms with Crippen molar-refractivity contribution in [1.29, 1.82) is 0 Å². The summed E-state index contributed by atoms with van der Waals surface area (Å²) in [6.45, 7) is 0. The second-order valence-corrected chi connectivity index (χ2v) is 4.83.